The average molecular weight is 398 g/mol. The second kappa shape index (κ2) is 9.05. The molecule has 8 nitrogen and oxygen atoms in total. The van der Waals surface area contributed by atoms with Gasteiger partial charge in [0, 0.05) is 17.5 Å². The molecule has 0 spiro atoms. The second-order valence-corrected chi connectivity index (χ2v) is 7.43. The fourth-order valence-electron chi connectivity index (χ4n) is 2.78. The smallest absolute Gasteiger partial charge is 0.336 e. The zero-order chi connectivity index (χ0) is 19.4. The first-order valence-corrected chi connectivity index (χ1v) is 9.63. The molecule has 0 unspecified atom stereocenters. The molecule has 0 saturated carbocycles. The van der Waals surface area contributed by atoms with Crippen LogP contribution in [-0.4, -0.2) is 69.2 Å². The van der Waals surface area contributed by atoms with Gasteiger partial charge in [0.15, 0.2) is 0 Å². The fourth-order valence-corrected chi connectivity index (χ4v) is 3.88. The predicted molar refractivity (Wildman–Crippen MR) is 98.8 cm³/mol. The van der Waals surface area contributed by atoms with Gasteiger partial charge in [-0.2, -0.15) is 0 Å². The molecule has 2 aromatic rings. The summed E-state index contributed by atoms with van der Waals surface area (Å²) in [6, 6.07) is 8.28. The van der Waals surface area contributed by atoms with Gasteiger partial charge in [-0.15, -0.1) is 11.8 Å². The Labute approximate surface area is 159 Å². The number of benzene rings is 1. The molecule has 5 atom stereocenters. The van der Waals surface area contributed by atoms with Crippen molar-refractivity contribution >= 4 is 22.7 Å². The van der Waals surface area contributed by atoms with Crippen LogP contribution in [-0.2, 0) is 4.74 Å². The molecule has 9 heteroatoms. The van der Waals surface area contributed by atoms with Gasteiger partial charge in [0.05, 0.1) is 13.2 Å². The molecule has 1 aliphatic heterocycles. The molecule has 0 aliphatic carbocycles. The van der Waals surface area contributed by atoms with Gasteiger partial charge in [0.1, 0.15) is 41.2 Å². The molecule has 1 aromatic carbocycles. The van der Waals surface area contributed by atoms with Crippen molar-refractivity contribution in [3.63, 3.8) is 0 Å². The summed E-state index contributed by atoms with van der Waals surface area (Å²) >= 11 is 1.28. The van der Waals surface area contributed by atoms with Gasteiger partial charge in [0.2, 0.25) is 0 Å². The van der Waals surface area contributed by atoms with Crippen molar-refractivity contribution in [2.45, 2.75) is 36.3 Å². The van der Waals surface area contributed by atoms with E-state index in [0.29, 0.717) is 30.1 Å². The molecular weight excluding hydrogens is 376 g/mol. The van der Waals surface area contributed by atoms with E-state index in [9.17, 15) is 25.2 Å². The van der Waals surface area contributed by atoms with Crippen LogP contribution in [0.2, 0.25) is 0 Å². The van der Waals surface area contributed by atoms with E-state index in [1.807, 2.05) is 0 Å². The Morgan fingerprint density at radius 2 is 1.85 bits per heavy atom. The summed E-state index contributed by atoms with van der Waals surface area (Å²) in [5.41, 5.74) is -0.707. The number of fused-ring (bicyclic) bond motifs is 1. The molecule has 1 aliphatic rings. The Morgan fingerprint density at radius 3 is 2.63 bits per heavy atom. The second-order valence-electron chi connectivity index (χ2n) is 6.22. The molecule has 0 amide bonds. The minimum Gasteiger partial charge on any atom is -0.493 e. The van der Waals surface area contributed by atoms with Crippen LogP contribution < -0.4 is 10.4 Å². The summed E-state index contributed by atoms with van der Waals surface area (Å²) in [5.74, 6) is 1.15. The highest BCUT2D eigenvalue weighted by atomic mass is 32.2. The Hall–Kier alpha value is -1.62. The van der Waals surface area contributed by atoms with Gasteiger partial charge in [-0.3, -0.25) is 0 Å². The molecular formula is C18H22O8S. The molecule has 2 heterocycles. The average Bonchev–Trinajstić information content (AvgIpc) is 2.67. The van der Waals surface area contributed by atoms with Crippen LogP contribution in [0.1, 0.15) is 6.42 Å². The molecule has 0 bridgehead atoms. The molecule has 1 fully saturated rings. The first-order valence-electron chi connectivity index (χ1n) is 8.58. The van der Waals surface area contributed by atoms with Crippen LogP contribution in [0.5, 0.6) is 5.75 Å². The molecule has 4 N–H and O–H groups in total. The van der Waals surface area contributed by atoms with Gasteiger partial charge >= 0.3 is 5.63 Å². The normalized spacial score (nSPS) is 28.4. The predicted octanol–water partition coefficient (Wildman–Crippen LogP) is 0.0950. The number of rotatable bonds is 7. The maximum Gasteiger partial charge on any atom is 0.336 e. The topological polar surface area (TPSA) is 130 Å². The minimum atomic E-state index is -1.36. The lowest BCUT2D eigenvalue weighted by atomic mass is 10.0. The zero-order valence-electron chi connectivity index (χ0n) is 14.4. The number of aliphatic hydroxyl groups excluding tert-OH is 4. The van der Waals surface area contributed by atoms with E-state index in [4.69, 9.17) is 13.9 Å². The van der Waals surface area contributed by atoms with Crippen LogP contribution in [0.3, 0.4) is 0 Å². The van der Waals surface area contributed by atoms with E-state index >= 15 is 0 Å². The van der Waals surface area contributed by atoms with E-state index in [-0.39, 0.29) is 0 Å². The Balaban J connectivity index is 1.46. The van der Waals surface area contributed by atoms with E-state index in [1.54, 1.807) is 24.3 Å². The third-order valence-electron chi connectivity index (χ3n) is 4.28. The van der Waals surface area contributed by atoms with Crippen molar-refractivity contribution in [1.29, 1.82) is 0 Å². The number of hydrogen-bond donors (Lipinski definition) is 4. The third kappa shape index (κ3) is 4.81. The van der Waals surface area contributed by atoms with Crippen LogP contribution in [0.4, 0.5) is 0 Å². The van der Waals surface area contributed by atoms with Crippen molar-refractivity contribution in [3.8, 4) is 5.75 Å². The summed E-state index contributed by atoms with van der Waals surface area (Å²) < 4.78 is 16.2. The van der Waals surface area contributed by atoms with E-state index in [0.717, 1.165) is 5.39 Å². The highest BCUT2D eigenvalue weighted by Gasteiger charge is 2.43. The summed E-state index contributed by atoms with van der Waals surface area (Å²) in [4.78, 5) is 11.3. The number of aliphatic hydroxyl groups is 4. The van der Waals surface area contributed by atoms with Crippen molar-refractivity contribution in [2.75, 3.05) is 19.0 Å². The van der Waals surface area contributed by atoms with Crippen LogP contribution in [0.15, 0.2) is 39.5 Å². The van der Waals surface area contributed by atoms with Gasteiger partial charge in [-0.05, 0) is 30.4 Å². The fraction of sp³-hybridized carbons (Fsp3) is 0.500. The summed E-state index contributed by atoms with van der Waals surface area (Å²) in [6.07, 6.45) is -4.22. The molecule has 1 saturated heterocycles. The maximum absolute atomic E-state index is 11.3. The highest BCUT2D eigenvalue weighted by Crippen LogP contribution is 2.29. The van der Waals surface area contributed by atoms with Crippen LogP contribution in [0, 0.1) is 0 Å². The van der Waals surface area contributed by atoms with Crippen LogP contribution in [0.25, 0.3) is 11.0 Å². The van der Waals surface area contributed by atoms with Gasteiger partial charge in [-0.1, -0.05) is 0 Å². The highest BCUT2D eigenvalue weighted by molar-refractivity contribution is 7.99. The first-order chi connectivity index (χ1) is 13.0. The van der Waals surface area contributed by atoms with Crippen LogP contribution >= 0.6 is 11.8 Å². The van der Waals surface area contributed by atoms with E-state index in [1.165, 1.54) is 17.8 Å². The number of hydrogen-bond acceptors (Lipinski definition) is 9. The SMILES string of the molecule is O=c1ccc2ccc(OCCCS[C@@H]3O[C@H](CO)[C@@H](O)[C@H](O)[C@H]3O)cc2o1. The van der Waals surface area contributed by atoms with Crippen molar-refractivity contribution in [3.05, 3.63) is 40.8 Å². The maximum atomic E-state index is 11.3. The van der Waals surface area contributed by atoms with Crippen molar-refractivity contribution in [2.24, 2.45) is 0 Å². The van der Waals surface area contributed by atoms with Gasteiger partial charge < -0.3 is 34.3 Å². The molecule has 0 radical (unpaired) electrons. The molecule has 1 aromatic heterocycles. The Bertz CT molecular complexity index is 807. The molecule has 148 valence electrons. The Kier molecular flexibility index (Phi) is 6.74. The standard InChI is InChI=1S/C18H22O8S/c19-9-13-15(21)16(22)17(23)18(26-13)27-7-1-6-24-11-4-2-10-3-5-14(20)25-12(10)8-11/h2-5,8,13,15-19,21-23H,1,6-7,9H2/t13-,15-,16+,17-,18+/m1/s1. The van der Waals surface area contributed by atoms with E-state index < -0.39 is 42.1 Å². The summed E-state index contributed by atoms with van der Waals surface area (Å²) in [5, 5.41) is 39.5. The molecule has 27 heavy (non-hydrogen) atoms. The monoisotopic (exact) mass is 398 g/mol. The summed E-state index contributed by atoms with van der Waals surface area (Å²) in [7, 11) is 0. The van der Waals surface area contributed by atoms with Crippen molar-refractivity contribution in [1.82, 2.24) is 0 Å². The number of ether oxygens (including phenoxy) is 2. The summed E-state index contributed by atoms with van der Waals surface area (Å²) in [6.45, 7) is -0.0454. The van der Waals surface area contributed by atoms with E-state index in [2.05, 4.69) is 0 Å². The minimum absolute atomic E-state index is 0.396. The third-order valence-corrected chi connectivity index (χ3v) is 5.53. The zero-order valence-corrected chi connectivity index (χ0v) is 15.2. The Morgan fingerprint density at radius 1 is 1.07 bits per heavy atom. The lowest BCUT2D eigenvalue weighted by Crippen LogP contribution is -2.57. The van der Waals surface area contributed by atoms with Gasteiger partial charge in [-0.25, -0.2) is 4.79 Å². The lowest BCUT2D eigenvalue weighted by Gasteiger charge is -2.39. The van der Waals surface area contributed by atoms with Gasteiger partial charge in [0.25, 0.3) is 0 Å². The quantitative estimate of drug-likeness (QED) is 0.379. The molecule has 3 rings (SSSR count). The first kappa shape index (κ1) is 20.1. The number of thioether (sulfide) groups is 1. The van der Waals surface area contributed by atoms with Crippen molar-refractivity contribution < 1.29 is 34.3 Å². The largest absolute Gasteiger partial charge is 0.493 e. The lowest BCUT2D eigenvalue weighted by molar-refractivity contribution is -0.205.